The number of halogens is 1. The van der Waals surface area contributed by atoms with Crippen molar-refractivity contribution in [2.75, 3.05) is 5.73 Å². The Morgan fingerprint density at radius 2 is 1.82 bits per heavy atom. The van der Waals surface area contributed by atoms with E-state index in [1.165, 1.54) is 5.56 Å². The Kier molecular flexibility index (Phi) is 3.64. The number of nitrogens with two attached hydrogens (primary N) is 1. The van der Waals surface area contributed by atoms with E-state index in [1.54, 1.807) is 22.9 Å². The second-order valence-corrected chi connectivity index (χ2v) is 4.79. The number of hydrogen-bond donors (Lipinski definition) is 1. The van der Waals surface area contributed by atoms with Gasteiger partial charge in [0.25, 0.3) is 5.56 Å². The Morgan fingerprint density at radius 3 is 2.53 bits per heavy atom. The van der Waals surface area contributed by atoms with E-state index in [2.05, 4.69) is 15.9 Å². The average Bonchev–Trinajstić information content (AvgIpc) is 2.32. The van der Waals surface area contributed by atoms with Crippen molar-refractivity contribution in [3.63, 3.8) is 0 Å². The molecule has 0 aliphatic heterocycles. The number of aryl methyl sites for hydroxylation is 2. The molecule has 0 unspecified atom stereocenters. The second-order valence-electron chi connectivity index (χ2n) is 3.87. The molecular formula is C13H13BrN2O. The molecule has 3 nitrogen and oxygen atoms in total. The van der Waals surface area contributed by atoms with Crippen molar-refractivity contribution >= 4 is 21.6 Å². The minimum absolute atomic E-state index is 0.0173. The summed E-state index contributed by atoms with van der Waals surface area (Å²) in [5.41, 5.74) is 7.56. The molecule has 0 aliphatic carbocycles. The molecule has 2 aromatic rings. The van der Waals surface area contributed by atoms with Gasteiger partial charge in [0.1, 0.15) is 0 Å². The van der Waals surface area contributed by atoms with E-state index < -0.39 is 0 Å². The van der Waals surface area contributed by atoms with E-state index in [4.69, 9.17) is 5.73 Å². The zero-order valence-electron chi connectivity index (χ0n) is 9.27. The molecule has 4 heteroatoms. The minimum Gasteiger partial charge on any atom is -0.399 e. The summed E-state index contributed by atoms with van der Waals surface area (Å²) < 4.78 is 2.61. The zero-order valence-corrected chi connectivity index (χ0v) is 10.9. The number of aromatic nitrogens is 1. The summed E-state index contributed by atoms with van der Waals surface area (Å²) in [5, 5.41) is 0. The Labute approximate surface area is 108 Å². The summed E-state index contributed by atoms with van der Waals surface area (Å²) in [6.45, 7) is 0.669. The van der Waals surface area contributed by atoms with Gasteiger partial charge in [0.2, 0.25) is 0 Å². The second kappa shape index (κ2) is 5.19. The maximum absolute atomic E-state index is 11.6. The number of hydrogen-bond acceptors (Lipinski definition) is 2. The molecular weight excluding hydrogens is 280 g/mol. The Hall–Kier alpha value is -1.55. The number of nitrogen functional groups attached to an aromatic ring is 1. The van der Waals surface area contributed by atoms with Gasteiger partial charge in [-0.15, -0.1) is 0 Å². The topological polar surface area (TPSA) is 48.0 Å². The van der Waals surface area contributed by atoms with E-state index in [0.717, 1.165) is 16.6 Å². The number of rotatable bonds is 3. The third-order valence-electron chi connectivity index (χ3n) is 2.57. The summed E-state index contributed by atoms with van der Waals surface area (Å²) in [5.74, 6) is 0. The van der Waals surface area contributed by atoms with Gasteiger partial charge < -0.3 is 10.3 Å². The number of benzene rings is 1. The number of pyridine rings is 1. The van der Waals surface area contributed by atoms with Crippen molar-refractivity contribution in [3.05, 3.63) is 63.0 Å². The van der Waals surface area contributed by atoms with Gasteiger partial charge in [-0.05, 0) is 46.1 Å². The molecule has 0 radical (unpaired) electrons. The van der Waals surface area contributed by atoms with Crippen LogP contribution in [0.4, 0.5) is 5.69 Å². The molecule has 88 valence electrons. The number of nitrogens with zero attached hydrogens (tertiary/aromatic N) is 1. The van der Waals surface area contributed by atoms with Gasteiger partial charge in [0, 0.05) is 29.0 Å². The lowest BCUT2D eigenvalue weighted by Crippen LogP contribution is -2.19. The van der Waals surface area contributed by atoms with Crippen LogP contribution in [-0.4, -0.2) is 4.57 Å². The van der Waals surface area contributed by atoms with Crippen molar-refractivity contribution in [1.29, 1.82) is 0 Å². The molecule has 0 atom stereocenters. The lowest BCUT2D eigenvalue weighted by molar-refractivity contribution is 0.667. The maximum Gasteiger partial charge on any atom is 0.250 e. The fraction of sp³-hybridized carbons (Fsp3) is 0.154. The minimum atomic E-state index is 0.0173. The van der Waals surface area contributed by atoms with Crippen LogP contribution in [0.5, 0.6) is 0 Å². The molecule has 1 aromatic heterocycles. The average molecular weight is 293 g/mol. The fourth-order valence-corrected chi connectivity index (χ4v) is 1.99. The molecule has 0 fully saturated rings. The van der Waals surface area contributed by atoms with Crippen molar-refractivity contribution in [3.8, 4) is 0 Å². The first-order valence-electron chi connectivity index (χ1n) is 5.35. The third-order valence-corrected chi connectivity index (χ3v) is 3.04. The van der Waals surface area contributed by atoms with Gasteiger partial charge in [0.05, 0.1) is 0 Å². The summed E-state index contributed by atoms with van der Waals surface area (Å²) in [6, 6.07) is 11.0. The first-order valence-corrected chi connectivity index (χ1v) is 6.15. The van der Waals surface area contributed by atoms with Crippen LogP contribution in [0, 0.1) is 0 Å². The SMILES string of the molecule is Nc1ccc(CCn2cc(Br)ccc2=O)cc1. The molecule has 1 heterocycles. The molecule has 2 rings (SSSR count). The van der Waals surface area contributed by atoms with Crippen LogP contribution in [-0.2, 0) is 13.0 Å². The highest BCUT2D eigenvalue weighted by Gasteiger charge is 1.98. The first kappa shape index (κ1) is 11.9. The smallest absolute Gasteiger partial charge is 0.250 e. The van der Waals surface area contributed by atoms with Crippen LogP contribution in [0.2, 0.25) is 0 Å². The van der Waals surface area contributed by atoms with Gasteiger partial charge in [-0.25, -0.2) is 0 Å². The largest absolute Gasteiger partial charge is 0.399 e. The molecule has 0 saturated heterocycles. The van der Waals surface area contributed by atoms with Crippen LogP contribution >= 0.6 is 15.9 Å². The predicted octanol–water partition coefficient (Wildman–Crippen LogP) is 2.44. The molecule has 0 saturated carbocycles. The van der Waals surface area contributed by atoms with Crippen molar-refractivity contribution in [2.24, 2.45) is 0 Å². The van der Waals surface area contributed by atoms with Crippen LogP contribution in [0.25, 0.3) is 0 Å². The van der Waals surface area contributed by atoms with Crippen molar-refractivity contribution < 1.29 is 0 Å². The molecule has 1 aromatic carbocycles. The molecule has 0 aliphatic rings. The van der Waals surface area contributed by atoms with Crippen molar-refractivity contribution in [1.82, 2.24) is 4.57 Å². The Bertz CT molecular complexity index is 560. The lowest BCUT2D eigenvalue weighted by Gasteiger charge is -2.06. The van der Waals surface area contributed by atoms with Crippen LogP contribution in [0.1, 0.15) is 5.56 Å². The molecule has 0 spiro atoms. The zero-order chi connectivity index (χ0) is 12.3. The van der Waals surface area contributed by atoms with Crippen LogP contribution in [0.15, 0.2) is 51.9 Å². The van der Waals surface area contributed by atoms with Gasteiger partial charge in [-0.3, -0.25) is 4.79 Å². The monoisotopic (exact) mass is 292 g/mol. The van der Waals surface area contributed by atoms with Gasteiger partial charge in [-0.1, -0.05) is 12.1 Å². The van der Waals surface area contributed by atoms with E-state index in [1.807, 2.05) is 24.3 Å². The van der Waals surface area contributed by atoms with Gasteiger partial charge in [0.15, 0.2) is 0 Å². The first-order chi connectivity index (χ1) is 8.15. The maximum atomic E-state index is 11.6. The van der Waals surface area contributed by atoms with Crippen LogP contribution < -0.4 is 11.3 Å². The summed E-state index contributed by atoms with van der Waals surface area (Å²) in [7, 11) is 0. The summed E-state index contributed by atoms with van der Waals surface area (Å²) in [4.78, 5) is 11.6. The molecule has 17 heavy (non-hydrogen) atoms. The van der Waals surface area contributed by atoms with E-state index >= 15 is 0 Å². The quantitative estimate of drug-likeness (QED) is 0.884. The highest BCUT2D eigenvalue weighted by Crippen LogP contribution is 2.08. The fourth-order valence-electron chi connectivity index (χ4n) is 1.61. The Morgan fingerprint density at radius 1 is 1.12 bits per heavy atom. The normalized spacial score (nSPS) is 10.4. The molecule has 0 amide bonds. The number of anilines is 1. The predicted molar refractivity (Wildman–Crippen MR) is 73.0 cm³/mol. The lowest BCUT2D eigenvalue weighted by atomic mass is 10.1. The standard InChI is InChI=1S/C13H13BrN2O/c14-11-3-6-13(17)16(9-11)8-7-10-1-4-12(15)5-2-10/h1-6,9H,7-8,15H2. The van der Waals surface area contributed by atoms with E-state index in [0.29, 0.717) is 6.54 Å². The Balaban J connectivity index is 2.09. The molecule has 2 N–H and O–H groups in total. The van der Waals surface area contributed by atoms with Gasteiger partial charge in [-0.2, -0.15) is 0 Å². The van der Waals surface area contributed by atoms with Crippen molar-refractivity contribution in [2.45, 2.75) is 13.0 Å². The highest BCUT2D eigenvalue weighted by molar-refractivity contribution is 9.10. The van der Waals surface area contributed by atoms with E-state index in [9.17, 15) is 4.79 Å². The molecule has 0 bridgehead atoms. The van der Waals surface area contributed by atoms with E-state index in [-0.39, 0.29) is 5.56 Å². The summed E-state index contributed by atoms with van der Waals surface area (Å²) >= 11 is 3.36. The van der Waals surface area contributed by atoms with Crippen LogP contribution in [0.3, 0.4) is 0 Å². The highest BCUT2D eigenvalue weighted by atomic mass is 79.9. The summed E-state index contributed by atoms with van der Waals surface area (Å²) in [6.07, 6.45) is 2.62. The van der Waals surface area contributed by atoms with Gasteiger partial charge >= 0.3 is 0 Å². The third kappa shape index (κ3) is 3.20.